The Morgan fingerprint density at radius 3 is 1.75 bits per heavy atom. The van der Waals surface area contributed by atoms with Gasteiger partial charge in [-0.2, -0.15) is 0 Å². The fourth-order valence-corrected chi connectivity index (χ4v) is 4.73. The molecule has 0 bridgehead atoms. The maximum absolute atomic E-state index is 12.9. The quantitative estimate of drug-likeness (QED) is 0.142. The van der Waals surface area contributed by atoms with Crippen molar-refractivity contribution >= 4 is 17.9 Å². The van der Waals surface area contributed by atoms with Crippen molar-refractivity contribution < 1.29 is 38.8 Å². The van der Waals surface area contributed by atoms with Gasteiger partial charge in [0.05, 0.1) is 29.9 Å². The zero-order valence-electron chi connectivity index (χ0n) is 23.0. The lowest BCUT2D eigenvalue weighted by molar-refractivity contribution is -0.131. The molecule has 1 saturated carbocycles. The van der Waals surface area contributed by atoms with E-state index in [1.165, 1.54) is 62.3 Å². The number of aliphatic hydroxyl groups is 2. The molecule has 0 spiro atoms. The van der Waals surface area contributed by atoms with Crippen LogP contribution in [0, 0.1) is 5.92 Å². The van der Waals surface area contributed by atoms with Gasteiger partial charge in [0.25, 0.3) is 0 Å². The summed E-state index contributed by atoms with van der Waals surface area (Å²) in [5.41, 5.74) is 1.15. The van der Waals surface area contributed by atoms with Crippen molar-refractivity contribution in [2.45, 2.75) is 64.2 Å². The summed E-state index contributed by atoms with van der Waals surface area (Å²) in [5.74, 6) is -1.43. The molecule has 0 unspecified atom stereocenters. The molecule has 0 atom stereocenters. The number of aliphatic hydroxyl groups excluding tert-OH is 2. The van der Waals surface area contributed by atoms with E-state index in [-0.39, 0.29) is 28.4 Å². The first-order valence-corrected chi connectivity index (χ1v) is 13.7. The standard InChI is InChI=1S/C32H38O8/c1-4-5-6-7-23-8-10-24(11-9-23)25-12-14-26(15-13-25)32(37)40-29-17-27(38-30(35)21(2)19-33)16-28(18-29)39-31(36)22(3)20-34/h12-18,23-24,33-34H,2-11,19-20H2,1H3. The maximum atomic E-state index is 12.9. The van der Waals surface area contributed by atoms with E-state index in [0.29, 0.717) is 11.5 Å². The summed E-state index contributed by atoms with van der Waals surface area (Å²) in [6, 6.07) is 11.1. The third kappa shape index (κ3) is 8.89. The Hall–Kier alpha value is -3.75. The first-order chi connectivity index (χ1) is 19.2. The first kappa shape index (κ1) is 30.8. The van der Waals surface area contributed by atoms with E-state index < -0.39 is 31.1 Å². The number of unbranched alkanes of at least 4 members (excludes halogenated alkanes) is 2. The van der Waals surface area contributed by atoms with Crippen molar-refractivity contribution in [2.24, 2.45) is 5.92 Å². The van der Waals surface area contributed by atoms with E-state index in [2.05, 4.69) is 20.1 Å². The highest BCUT2D eigenvalue weighted by Gasteiger charge is 2.23. The van der Waals surface area contributed by atoms with Gasteiger partial charge >= 0.3 is 17.9 Å². The molecule has 0 aromatic heterocycles. The number of hydrogen-bond donors (Lipinski definition) is 2. The highest BCUT2D eigenvalue weighted by molar-refractivity contribution is 5.92. The lowest BCUT2D eigenvalue weighted by atomic mass is 9.77. The van der Waals surface area contributed by atoms with Gasteiger partial charge in [-0.15, -0.1) is 0 Å². The number of carbonyl (C=O) groups excluding carboxylic acids is 3. The van der Waals surface area contributed by atoms with Crippen molar-refractivity contribution in [1.29, 1.82) is 0 Å². The van der Waals surface area contributed by atoms with Crippen molar-refractivity contribution in [3.05, 3.63) is 77.9 Å². The van der Waals surface area contributed by atoms with Crippen LogP contribution in [0.15, 0.2) is 66.8 Å². The fraction of sp³-hybridized carbons (Fsp3) is 0.406. The zero-order valence-corrected chi connectivity index (χ0v) is 23.0. The molecular formula is C32H38O8. The van der Waals surface area contributed by atoms with Crippen LogP contribution < -0.4 is 14.2 Å². The summed E-state index contributed by atoms with van der Waals surface area (Å²) in [6.45, 7) is 7.83. The summed E-state index contributed by atoms with van der Waals surface area (Å²) in [5, 5.41) is 18.3. The Bertz CT molecular complexity index is 1160. The Balaban J connectivity index is 1.69. The van der Waals surface area contributed by atoms with Crippen LogP contribution in [-0.2, 0) is 9.59 Å². The van der Waals surface area contributed by atoms with Crippen molar-refractivity contribution in [3.8, 4) is 17.2 Å². The molecule has 0 saturated heterocycles. The van der Waals surface area contributed by atoms with Crippen molar-refractivity contribution in [2.75, 3.05) is 13.2 Å². The summed E-state index contributed by atoms with van der Waals surface area (Å²) in [4.78, 5) is 37.1. The predicted molar refractivity (Wildman–Crippen MR) is 150 cm³/mol. The molecule has 2 aromatic carbocycles. The second-order valence-corrected chi connectivity index (χ2v) is 10.2. The van der Waals surface area contributed by atoms with Crippen LogP contribution >= 0.6 is 0 Å². The minimum absolute atomic E-state index is 0.0483. The van der Waals surface area contributed by atoms with E-state index in [9.17, 15) is 14.4 Å². The summed E-state index contributed by atoms with van der Waals surface area (Å²) < 4.78 is 15.8. The van der Waals surface area contributed by atoms with E-state index in [1.54, 1.807) is 12.1 Å². The monoisotopic (exact) mass is 550 g/mol. The molecule has 2 aromatic rings. The highest BCUT2D eigenvalue weighted by atomic mass is 16.6. The number of ether oxygens (including phenoxy) is 3. The van der Waals surface area contributed by atoms with Gasteiger partial charge in [0, 0.05) is 18.2 Å². The normalized spacial score (nSPS) is 16.6. The van der Waals surface area contributed by atoms with Crippen LogP contribution in [-0.4, -0.2) is 41.3 Å². The Morgan fingerprint density at radius 1 is 0.775 bits per heavy atom. The minimum atomic E-state index is -0.909. The largest absolute Gasteiger partial charge is 0.423 e. The number of esters is 3. The molecule has 0 amide bonds. The Morgan fingerprint density at radius 2 is 1.27 bits per heavy atom. The van der Waals surface area contributed by atoms with Gasteiger partial charge in [-0.3, -0.25) is 0 Å². The van der Waals surface area contributed by atoms with Gasteiger partial charge in [-0.25, -0.2) is 14.4 Å². The topological polar surface area (TPSA) is 119 Å². The van der Waals surface area contributed by atoms with E-state index in [0.717, 1.165) is 18.8 Å². The number of rotatable bonds is 13. The molecule has 0 heterocycles. The third-order valence-corrected chi connectivity index (χ3v) is 7.12. The third-order valence-electron chi connectivity index (χ3n) is 7.12. The van der Waals surface area contributed by atoms with E-state index in [4.69, 9.17) is 24.4 Å². The predicted octanol–water partition coefficient (Wildman–Crippen LogP) is 5.67. The fourth-order valence-electron chi connectivity index (χ4n) is 4.73. The molecule has 214 valence electrons. The number of benzene rings is 2. The molecule has 1 aliphatic carbocycles. The highest BCUT2D eigenvalue weighted by Crippen LogP contribution is 2.38. The maximum Gasteiger partial charge on any atom is 0.343 e. The lowest BCUT2D eigenvalue weighted by Crippen LogP contribution is -2.15. The molecule has 0 radical (unpaired) electrons. The second kappa shape index (κ2) is 15.1. The molecule has 2 N–H and O–H groups in total. The second-order valence-electron chi connectivity index (χ2n) is 10.2. The van der Waals surface area contributed by atoms with Crippen LogP contribution in [0.5, 0.6) is 17.2 Å². The van der Waals surface area contributed by atoms with Crippen LogP contribution in [0.2, 0.25) is 0 Å². The van der Waals surface area contributed by atoms with Crippen LogP contribution in [0.1, 0.15) is 80.1 Å². The lowest BCUT2D eigenvalue weighted by Gasteiger charge is -2.29. The van der Waals surface area contributed by atoms with Gasteiger partial charge in [0.1, 0.15) is 17.2 Å². The van der Waals surface area contributed by atoms with E-state index >= 15 is 0 Å². The van der Waals surface area contributed by atoms with Crippen LogP contribution in [0.3, 0.4) is 0 Å². The van der Waals surface area contributed by atoms with Gasteiger partial charge in [-0.05, 0) is 55.2 Å². The van der Waals surface area contributed by atoms with Gasteiger partial charge < -0.3 is 24.4 Å². The first-order valence-electron chi connectivity index (χ1n) is 13.7. The number of carbonyl (C=O) groups is 3. The molecule has 40 heavy (non-hydrogen) atoms. The Labute approximate surface area is 235 Å². The molecule has 8 heteroatoms. The van der Waals surface area contributed by atoms with Crippen LogP contribution in [0.25, 0.3) is 0 Å². The van der Waals surface area contributed by atoms with Gasteiger partial charge in [0.2, 0.25) is 0 Å². The van der Waals surface area contributed by atoms with Crippen LogP contribution in [0.4, 0.5) is 0 Å². The molecule has 0 aliphatic heterocycles. The van der Waals surface area contributed by atoms with E-state index in [1.807, 2.05) is 12.1 Å². The SMILES string of the molecule is C=C(CO)C(=O)Oc1cc(OC(=O)C(=C)CO)cc(OC(=O)c2ccc(C3CCC(CCCCC)CC3)cc2)c1. The molecular weight excluding hydrogens is 512 g/mol. The molecule has 8 nitrogen and oxygen atoms in total. The summed E-state index contributed by atoms with van der Waals surface area (Å²) in [7, 11) is 0. The average Bonchev–Trinajstić information content (AvgIpc) is 2.96. The summed E-state index contributed by atoms with van der Waals surface area (Å²) >= 11 is 0. The minimum Gasteiger partial charge on any atom is -0.423 e. The molecule has 3 rings (SSSR count). The molecule has 1 fully saturated rings. The number of hydrogen-bond acceptors (Lipinski definition) is 8. The van der Waals surface area contributed by atoms with Gasteiger partial charge in [-0.1, -0.05) is 57.9 Å². The Kier molecular flexibility index (Phi) is 11.7. The zero-order chi connectivity index (χ0) is 29.1. The van der Waals surface area contributed by atoms with Crippen molar-refractivity contribution in [3.63, 3.8) is 0 Å². The average molecular weight is 551 g/mol. The molecule has 1 aliphatic rings. The van der Waals surface area contributed by atoms with Gasteiger partial charge in [0.15, 0.2) is 0 Å². The summed E-state index contributed by atoms with van der Waals surface area (Å²) in [6.07, 6.45) is 9.97. The smallest absolute Gasteiger partial charge is 0.343 e. The van der Waals surface area contributed by atoms with Crippen molar-refractivity contribution in [1.82, 2.24) is 0 Å².